The third-order valence-corrected chi connectivity index (χ3v) is 7.96. The first-order valence-corrected chi connectivity index (χ1v) is 11.9. The lowest BCUT2D eigenvalue weighted by Crippen LogP contribution is -2.29. The molecule has 1 heterocycles. The fraction of sp³-hybridized carbons (Fsp3) is 0.263. The van der Waals surface area contributed by atoms with Gasteiger partial charge in [0.15, 0.2) is 0 Å². The van der Waals surface area contributed by atoms with Gasteiger partial charge in [0.05, 0.1) is 34.7 Å². The number of benzene rings is 2. The normalized spacial score (nSPS) is 15.8. The summed E-state index contributed by atoms with van der Waals surface area (Å²) in [4.78, 5) is 23.9. The number of anilines is 2. The Hall–Kier alpha value is -2.92. The van der Waals surface area contributed by atoms with E-state index in [0.29, 0.717) is 4.31 Å². The molecule has 0 radical (unpaired) electrons. The maximum atomic E-state index is 13.1. The summed E-state index contributed by atoms with van der Waals surface area (Å²) in [5.41, 5.74) is 0.695. The van der Waals surface area contributed by atoms with E-state index in [4.69, 9.17) is 0 Å². The van der Waals surface area contributed by atoms with Gasteiger partial charge in [0.1, 0.15) is 0 Å². The highest BCUT2D eigenvalue weighted by atomic mass is 32.2. The van der Waals surface area contributed by atoms with Crippen molar-refractivity contribution in [2.75, 3.05) is 21.9 Å². The van der Waals surface area contributed by atoms with Crippen molar-refractivity contribution in [1.29, 1.82) is 0 Å². The van der Waals surface area contributed by atoms with Crippen molar-refractivity contribution in [3.05, 3.63) is 53.1 Å². The second-order valence-electron chi connectivity index (χ2n) is 6.78. The van der Waals surface area contributed by atoms with Gasteiger partial charge in [0.25, 0.3) is 10.0 Å². The lowest BCUT2D eigenvalue weighted by molar-refractivity contribution is -0.116. The van der Waals surface area contributed by atoms with E-state index in [1.54, 1.807) is 12.1 Å². The van der Waals surface area contributed by atoms with Crippen molar-refractivity contribution in [3.8, 4) is 0 Å². The van der Waals surface area contributed by atoms with Gasteiger partial charge >= 0.3 is 5.97 Å². The SMILES string of the molecule is COC(=O)c1ccccc1NS(=O)(=O)c1c(C)cc(N2C(=O)CCS2(=O)=O)cc1C. The lowest BCUT2D eigenvalue weighted by atomic mass is 10.1. The molecule has 0 aromatic heterocycles. The van der Waals surface area contributed by atoms with Gasteiger partial charge in [-0.2, -0.15) is 0 Å². The van der Waals surface area contributed by atoms with Crippen molar-refractivity contribution in [3.63, 3.8) is 0 Å². The van der Waals surface area contributed by atoms with Crippen LogP contribution in [0.25, 0.3) is 0 Å². The third-order valence-electron chi connectivity index (χ3n) is 4.60. The van der Waals surface area contributed by atoms with E-state index < -0.39 is 31.9 Å². The fourth-order valence-electron chi connectivity index (χ4n) is 3.39. The molecular weight excluding hydrogens is 432 g/mol. The molecule has 160 valence electrons. The topological polar surface area (TPSA) is 127 Å². The molecule has 1 saturated heterocycles. The van der Waals surface area contributed by atoms with Gasteiger partial charge in [-0.25, -0.2) is 25.9 Å². The van der Waals surface area contributed by atoms with E-state index in [1.165, 1.54) is 45.2 Å². The smallest absolute Gasteiger partial charge is 0.339 e. The Morgan fingerprint density at radius 3 is 2.27 bits per heavy atom. The number of nitrogens with zero attached hydrogens (tertiary/aromatic N) is 1. The number of carbonyl (C=O) groups is 2. The average Bonchev–Trinajstić information content (AvgIpc) is 2.92. The molecule has 0 atom stereocenters. The molecule has 0 aliphatic carbocycles. The summed E-state index contributed by atoms with van der Waals surface area (Å²) in [5, 5.41) is 0. The van der Waals surface area contributed by atoms with E-state index >= 15 is 0 Å². The van der Waals surface area contributed by atoms with Crippen LogP contribution in [0.15, 0.2) is 41.3 Å². The van der Waals surface area contributed by atoms with Gasteiger partial charge in [-0.05, 0) is 49.2 Å². The van der Waals surface area contributed by atoms with Crippen LogP contribution in [0.3, 0.4) is 0 Å². The number of para-hydroxylation sites is 1. The number of methoxy groups -OCH3 is 1. The van der Waals surface area contributed by atoms with Gasteiger partial charge < -0.3 is 4.74 Å². The maximum absolute atomic E-state index is 13.1. The number of ether oxygens (including phenoxy) is 1. The number of aryl methyl sites for hydroxylation is 2. The minimum atomic E-state index is -4.13. The van der Waals surface area contributed by atoms with Crippen LogP contribution in [0, 0.1) is 13.8 Å². The number of esters is 1. The zero-order chi connectivity index (χ0) is 22.3. The first-order valence-electron chi connectivity index (χ1n) is 8.85. The van der Waals surface area contributed by atoms with E-state index in [-0.39, 0.29) is 45.1 Å². The number of rotatable bonds is 5. The minimum absolute atomic E-state index is 0.0456. The van der Waals surface area contributed by atoms with Crippen molar-refractivity contribution < 1.29 is 31.2 Å². The molecule has 11 heteroatoms. The van der Waals surface area contributed by atoms with Crippen LogP contribution in [-0.2, 0) is 29.6 Å². The van der Waals surface area contributed by atoms with Gasteiger partial charge in [0, 0.05) is 6.42 Å². The van der Waals surface area contributed by atoms with Crippen LogP contribution < -0.4 is 9.03 Å². The van der Waals surface area contributed by atoms with Crippen LogP contribution in [-0.4, -0.2) is 41.6 Å². The zero-order valence-corrected chi connectivity index (χ0v) is 18.1. The molecule has 1 aliphatic rings. The summed E-state index contributed by atoms with van der Waals surface area (Å²) in [6.45, 7) is 3.01. The number of sulfonamides is 2. The summed E-state index contributed by atoms with van der Waals surface area (Å²) < 4.78 is 58.3. The molecular formula is C19H20N2O7S2. The fourth-order valence-corrected chi connectivity index (χ4v) is 6.37. The van der Waals surface area contributed by atoms with Crippen molar-refractivity contribution in [2.45, 2.75) is 25.2 Å². The van der Waals surface area contributed by atoms with E-state index in [9.17, 15) is 26.4 Å². The highest BCUT2D eigenvalue weighted by Crippen LogP contribution is 2.32. The monoisotopic (exact) mass is 452 g/mol. The predicted molar refractivity (Wildman–Crippen MR) is 110 cm³/mol. The molecule has 3 rings (SSSR count). The second kappa shape index (κ2) is 7.73. The van der Waals surface area contributed by atoms with Gasteiger partial charge in [0.2, 0.25) is 15.9 Å². The van der Waals surface area contributed by atoms with Crippen molar-refractivity contribution in [2.24, 2.45) is 0 Å². The van der Waals surface area contributed by atoms with Crippen molar-refractivity contribution >= 4 is 43.3 Å². The molecule has 0 spiro atoms. The molecule has 1 amide bonds. The van der Waals surface area contributed by atoms with Gasteiger partial charge in [-0.1, -0.05) is 12.1 Å². The molecule has 0 bridgehead atoms. The standard InChI is InChI=1S/C19H20N2O7S2/c1-12-10-14(21-17(22)8-9-29(21,24)25)11-13(2)18(12)30(26,27)20-16-7-5-4-6-15(16)19(23)28-3/h4-7,10-11,20H,8-9H2,1-3H3. The summed E-state index contributed by atoms with van der Waals surface area (Å²) in [7, 11) is -6.71. The summed E-state index contributed by atoms with van der Waals surface area (Å²) >= 11 is 0. The quantitative estimate of drug-likeness (QED) is 0.687. The third kappa shape index (κ3) is 3.90. The van der Waals surface area contributed by atoms with Crippen molar-refractivity contribution in [1.82, 2.24) is 0 Å². The summed E-state index contributed by atoms with van der Waals surface area (Å²) in [6, 6.07) is 8.68. The highest BCUT2D eigenvalue weighted by molar-refractivity contribution is 7.94. The number of hydrogen-bond donors (Lipinski definition) is 1. The van der Waals surface area contributed by atoms with E-state index in [0.717, 1.165) is 0 Å². The molecule has 30 heavy (non-hydrogen) atoms. The Labute approximate surface area is 174 Å². The number of amides is 1. The van der Waals surface area contributed by atoms with E-state index in [1.807, 2.05) is 0 Å². The highest BCUT2D eigenvalue weighted by Gasteiger charge is 2.37. The number of nitrogens with one attached hydrogen (secondary N) is 1. The second-order valence-corrected chi connectivity index (χ2v) is 10.3. The number of carbonyl (C=O) groups excluding carboxylic acids is 2. The first-order chi connectivity index (χ1) is 14.0. The van der Waals surface area contributed by atoms with Gasteiger partial charge in [-0.3, -0.25) is 9.52 Å². The molecule has 0 unspecified atom stereocenters. The Bertz CT molecular complexity index is 1230. The summed E-state index contributed by atoms with van der Waals surface area (Å²) in [6.07, 6.45) is -0.119. The molecule has 1 fully saturated rings. The van der Waals surface area contributed by atoms with Crippen LogP contribution in [0.5, 0.6) is 0 Å². The average molecular weight is 453 g/mol. The Morgan fingerprint density at radius 1 is 1.13 bits per heavy atom. The van der Waals surface area contributed by atoms with Crippen LogP contribution >= 0.6 is 0 Å². The van der Waals surface area contributed by atoms with Crippen LogP contribution in [0.2, 0.25) is 0 Å². The lowest BCUT2D eigenvalue weighted by Gasteiger charge is -2.19. The zero-order valence-electron chi connectivity index (χ0n) is 16.5. The van der Waals surface area contributed by atoms with Crippen LogP contribution in [0.4, 0.5) is 11.4 Å². The minimum Gasteiger partial charge on any atom is -0.465 e. The van der Waals surface area contributed by atoms with E-state index in [2.05, 4.69) is 9.46 Å². The molecule has 2 aromatic carbocycles. The van der Waals surface area contributed by atoms with Crippen LogP contribution in [0.1, 0.15) is 27.9 Å². The Balaban J connectivity index is 2.05. The molecule has 2 aromatic rings. The molecule has 1 N–H and O–H groups in total. The first kappa shape index (κ1) is 21.8. The molecule has 1 aliphatic heterocycles. The molecule has 9 nitrogen and oxygen atoms in total. The Morgan fingerprint density at radius 2 is 1.73 bits per heavy atom. The molecule has 0 saturated carbocycles. The Kier molecular flexibility index (Phi) is 5.61. The summed E-state index contributed by atoms with van der Waals surface area (Å²) in [5.74, 6) is -1.54. The van der Waals surface area contributed by atoms with Gasteiger partial charge in [-0.15, -0.1) is 0 Å². The maximum Gasteiger partial charge on any atom is 0.339 e. The predicted octanol–water partition coefficient (Wildman–Crippen LogP) is 1.96. The largest absolute Gasteiger partial charge is 0.465 e. The number of hydrogen-bond acceptors (Lipinski definition) is 7.